The van der Waals surface area contributed by atoms with Crippen molar-refractivity contribution in [1.82, 2.24) is 15.1 Å². The first kappa shape index (κ1) is 12.5. The number of aryl methyl sites for hydroxylation is 2. The molecular weight excluding hydrogens is 208 g/mol. The van der Waals surface area contributed by atoms with Crippen LogP contribution >= 0.6 is 0 Å². The standard InChI is InChI=1S/C10H18N4O2/c1-4-16-10(15)12-9(5-11)8-6-14(3)13-7(8)2/h6,9H,4-5,11H2,1-3H3,(H,12,15). The second kappa shape index (κ2) is 5.50. The van der Waals surface area contributed by atoms with Crippen molar-refractivity contribution < 1.29 is 9.53 Å². The van der Waals surface area contributed by atoms with E-state index < -0.39 is 6.09 Å². The highest BCUT2D eigenvalue weighted by molar-refractivity contribution is 5.67. The van der Waals surface area contributed by atoms with Crippen LogP contribution in [0.15, 0.2) is 6.20 Å². The summed E-state index contributed by atoms with van der Waals surface area (Å²) in [7, 11) is 1.83. The van der Waals surface area contributed by atoms with Gasteiger partial charge in [0.15, 0.2) is 0 Å². The van der Waals surface area contributed by atoms with Gasteiger partial charge in [-0.2, -0.15) is 5.10 Å². The number of carbonyl (C=O) groups excluding carboxylic acids is 1. The van der Waals surface area contributed by atoms with Gasteiger partial charge in [-0.3, -0.25) is 4.68 Å². The van der Waals surface area contributed by atoms with Gasteiger partial charge >= 0.3 is 6.09 Å². The number of nitrogens with one attached hydrogen (secondary N) is 1. The molecule has 0 fully saturated rings. The van der Waals surface area contributed by atoms with E-state index in [1.54, 1.807) is 11.6 Å². The summed E-state index contributed by atoms with van der Waals surface area (Å²) >= 11 is 0. The first-order valence-corrected chi connectivity index (χ1v) is 5.22. The van der Waals surface area contributed by atoms with Crippen molar-refractivity contribution in [3.63, 3.8) is 0 Å². The Bertz CT molecular complexity index is 362. The molecule has 0 aliphatic carbocycles. The number of alkyl carbamates (subject to hydrolysis) is 1. The topological polar surface area (TPSA) is 82.2 Å². The molecule has 0 aliphatic rings. The summed E-state index contributed by atoms with van der Waals surface area (Å²) in [5.74, 6) is 0. The first-order chi connectivity index (χ1) is 7.58. The number of rotatable bonds is 4. The van der Waals surface area contributed by atoms with Crippen LogP contribution in [-0.4, -0.2) is 29.0 Å². The number of hydrogen-bond donors (Lipinski definition) is 2. The Morgan fingerprint density at radius 3 is 2.88 bits per heavy atom. The van der Waals surface area contributed by atoms with Crippen LogP contribution in [0, 0.1) is 6.92 Å². The van der Waals surface area contributed by atoms with Crippen LogP contribution in [0.5, 0.6) is 0 Å². The predicted molar refractivity (Wildman–Crippen MR) is 59.9 cm³/mol. The minimum absolute atomic E-state index is 0.257. The van der Waals surface area contributed by atoms with E-state index in [0.29, 0.717) is 13.2 Å². The Labute approximate surface area is 94.8 Å². The lowest BCUT2D eigenvalue weighted by atomic mass is 10.1. The molecule has 6 nitrogen and oxygen atoms in total. The van der Waals surface area contributed by atoms with Crippen LogP contribution in [0.2, 0.25) is 0 Å². The van der Waals surface area contributed by atoms with E-state index in [-0.39, 0.29) is 6.04 Å². The largest absolute Gasteiger partial charge is 0.450 e. The number of amides is 1. The summed E-state index contributed by atoms with van der Waals surface area (Å²) in [4.78, 5) is 11.3. The number of carbonyl (C=O) groups is 1. The van der Waals surface area contributed by atoms with Crippen molar-refractivity contribution in [2.24, 2.45) is 12.8 Å². The molecule has 6 heteroatoms. The van der Waals surface area contributed by atoms with Crippen LogP contribution in [0.3, 0.4) is 0 Å². The van der Waals surface area contributed by atoms with Gasteiger partial charge < -0.3 is 15.8 Å². The second-order valence-corrected chi connectivity index (χ2v) is 3.50. The molecular formula is C10H18N4O2. The van der Waals surface area contributed by atoms with Crippen LogP contribution in [0.4, 0.5) is 4.79 Å². The summed E-state index contributed by atoms with van der Waals surface area (Å²) < 4.78 is 6.50. The molecule has 1 aromatic heterocycles. The summed E-state index contributed by atoms with van der Waals surface area (Å²) in [5.41, 5.74) is 7.39. The molecule has 3 N–H and O–H groups in total. The van der Waals surface area contributed by atoms with Crippen LogP contribution < -0.4 is 11.1 Å². The molecule has 0 bridgehead atoms. The van der Waals surface area contributed by atoms with Crippen LogP contribution in [0.25, 0.3) is 0 Å². The van der Waals surface area contributed by atoms with Gasteiger partial charge in [0.1, 0.15) is 0 Å². The van der Waals surface area contributed by atoms with Crippen molar-refractivity contribution in [3.8, 4) is 0 Å². The van der Waals surface area contributed by atoms with Crippen molar-refractivity contribution in [2.45, 2.75) is 19.9 Å². The van der Waals surface area contributed by atoms with E-state index in [9.17, 15) is 4.79 Å². The van der Waals surface area contributed by atoms with Gasteiger partial charge in [0.05, 0.1) is 18.3 Å². The van der Waals surface area contributed by atoms with Gasteiger partial charge in [0, 0.05) is 25.4 Å². The fraction of sp³-hybridized carbons (Fsp3) is 0.600. The van der Waals surface area contributed by atoms with Crippen LogP contribution in [-0.2, 0) is 11.8 Å². The number of aromatic nitrogens is 2. The highest BCUT2D eigenvalue weighted by Gasteiger charge is 2.17. The molecule has 0 saturated carbocycles. The molecule has 1 rings (SSSR count). The first-order valence-electron chi connectivity index (χ1n) is 5.22. The third-order valence-corrected chi connectivity index (χ3v) is 2.23. The molecule has 1 unspecified atom stereocenters. The Kier molecular flexibility index (Phi) is 4.30. The predicted octanol–water partition coefficient (Wildman–Crippen LogP) is 0.474. The maximum Gasteiger partial charge on any atom is 0.407 e. The fourth-order valence-electron chi connectivity index (χ4n) is 1.54. The maximum atomic E-state index is 11.3. The summed E-state index contributed by atoms with van der Waals surface area (Å²) in [6.07, 6.45) is 1.39. The van der Waals surface area contributed by atoms with E-state index in [2.05, 4.69) is 10.4 Å². The van der Waals surface area contributed by atoms with Crippen molar-refractivity contribution in [1.29, 1.82) is 0 Å². The average Bonchev–Trinajstić information content (AvgIpc) is 2.55. The Morgan fingerprint density at radius 1 is 1.75 bits per heavy atom. The zero-order chi connectivity index (χ0) is 12.1. The van der Waals surface area contributed by atoms with Gasteiger partial charge in [-0.05, 0) is 13.8 Å². The number of ether oxygens (including phenoxy) is 1. The normalized spacial score (nSPS) is 12.2. The molecule has 1 aromatic rings. The van der Waals surface area contributed by atoms with E-state index in [1.807, 2.05) is 20.2 Å². The maximum absolute atomic E-state index is 11.3. The van der Waals surface area contributed by atoms with E-state index in [0.717, 1.165) is 11.3 Å². The molecule has 0 spiro atoms. The summed E-state index contributed by atoms with van der Waals surface area (Å²) in [6.45, 7) is 4.29. The number of nitrogens with zero attached hydrogens (tertiary/aromatic N) is 2. The van der Waals surface area contributed by atoms with Crippen LogP contribution in [0.1, 0.15) is 24.2 Å². The summed E-state index contributed by atoms with van der Waals surface area (Å²) in [5, 5.41) is 6.90. The quantitative estimate of drug-likeness (QED) is 0.782. The summed E-state index contributed by atoms with van der Waals surface area (Å²) in [6, 6.07) is -0.257. The van der Waals surface area contributed by atoms with Crippen molar-refractivity contribution >= 4 is 6.09 Å². The SMILES string of the molecule is CCOC(=O)NC(CN)c1cn(C)nc1C. The molecule has 16 heavy (non-hydrogen) atoms. The molecule has 0 aliphatic heterocycles. The highest BCUT2D eigenvalue weighted by atomic mass is 16.5. The average molecular weight is 226 g/mol. The molecule has 1 amide bonds. The number of hydrogen-bond acceptors (Lipinski definition) is 4. The van der Waals surface area contributed by atoms with Gasteiger partial charge in [-0.25, -0.2) is 4.79 Å². The van der Waals surface area contributed by atoms with Gasteiger partial charge in [-0.1, -0.05) is 0 Å². The second-order valence-electron chi connectivity index (χ2n) is 3.50. The van der Waals surface area contributed by atoms with Gasteiger partial charge in [0.2, 0.25) is 0 Å². The Balaban J connectivity index is 2.74. The minimum atomic E-state index is -0.457. The van der Waals surface area contributed by atoms with Crippen molar-refractivity contribution in [2.75, 3.05) is 13.2 Å². The van der Waals surface area contributed by atoms with E-state index in [1.165, 1.54) is 0 Å². The number of nitrogens with two attached hydrogens (primary N) is 1. The van der Waals surface area contributed by atoms with E-state index in [4.69, 9.17) is 10.5 Å². The molecule has 1 atom stereocenters. The minimum Gasteiger partial charge on any atom is -0.450 e. The lowest BCUT2D eigenvalue weighted by molar-refractivity contribution is 0.148. The third-order valence-electron chi connectivity index (χ3n) is 2.23. The zero-order valence-corrected chi connectivity index (χ0v) is 9.86. The van der Waals surface area contributed by atoms with E-state index >= 15 is 0 Å². The van der Waals surface area contributed by atoms with Gasteiger partial charge in [0.25, 0.3) is 0 Å². The smallest absolute Gasteiger partial charge is 0.407 e. The Hall–Kier alpha value is -1.56. The highest BCUT2D eigenvalue weighted by Crippen LogP contribution is 2.15. The third kappa shape index (κ3) is 2.96. The van der Waals surface area contributed by atoms with Crippen molar-refractivity contribution in [3.05, 3.63) is 17.5 Å². The molecule has 0 radical (unpaired) electrons. The lowest BCUT2D eigenvalue weighted by Crippen LogP contribution is -2.34. The molecule has 0 saturated heterocycles. The Morgan fingerprint density at radius 2 is 2.44 bits per heavy atom. The fourth-order valence-corrected chi connectivity index (χ4v) is 1.54. The monoisotopic (exact) mass is 226 g/mol. The zero-order valence-electron chi connectivity index (χ0n) is 9.86. The lowest BCUT2D eigenvalue weighted by Gasteiger charge is -2.15. The molecule has 1 heterocycles. The molecule has 90 valence electrons. The molecule has 0 aromatic carbocycles. The van der Waals surface area contributed by atoms with Gasteiger partial charge in [-0.15, -0.1) is 0 Å².